The number of nitrogens with one attached hydrogen (secondary N) is 2. The number of rotatable bonds is 8. The largest absolute Gasteiger partial charge is 0.497 e. The highest BCUT2D eigenvalue weighted by Gasteiger charge is 2.16. The smallest absolute Gasteiger partial charge is 0.265 e. The second-order valence-electron chi connectivity index (χ2n) is 6.97. The van der Waals surface area contributed by atoms with Crippen LogP contribution in [0.3, 0.4) is 0 Å². The van der Waals surface area contributed by atoms with Crippen LogP contribution in [0.25, 0.3) is 0 Å². The van der Waals surface area contributed by atoms with Gasteiger partial charge in [0.25, 0.3) is 11.8 Å². The van der Waals surface area contributed by atoms with E-state index < -0.39 is 0 Å². The van der Waals surface area contributed by atoms with Crippen LogP contribution in [0, 0.1) is 0 Å². The molecule has 0 aliphatic heterocycles. The van der Waals surface area contributed by atoms with E-state index in [9.17, 15) is 9.59 Å². The number of benzene rings is 2. The molecule has 0 fully saturated rings. The van der Waals surface area contributed by atoms with Crippen LogP contribution in [0.5, 0.6) is 5.75 Å². The summed E-state index contributed by atoms with van der Waals surface area (Å²) >= 11 is 1.38. The lowest BCUT2D eigenvalue weighted by Crippen LogP contribution is -2.34. The van der Waals surface area contributed by atoms with Gasteiger partial charge in [-0.25, -0.2) is 0 Å². The summed E-state index contributed by atoms with van der Waals surface area (Å²) in [5.41, 5.74) is 2.28. The van der Waals surface area contributed by atoms with E-state index in [1.54, 1.807) is 37.4 Å². The first kappa shape index (κ1) is 21.5. The van der Waals surface area contributed by atoms with Crippen LogP contribution < -0.4 is 15.4 Å². The fourth-order valence-electron chi connectivity index (χ4n) is 3.02. The second-order valence-corrected chi connectivity index (χ2v) is 7.92. The molecule has 3 aromatic rings. The molecule has 2 amide bonds. The maximum Gasteiger partial charge on any atom is 0.265 e. The van der Waals surface area contributed by atoms with Crippen LogP contribution in [0.2, 0.25) is 0 Å². The third-order valence-electron chi connectivity index (χ3n) is 4.73. The highest BCUT2D eigenvalue weighted by atomic mass is 32.1. The average molecular weight is 424 g/mol. The molecule has 1 atom stereocenters. The standard InChI is InChI=1S/C23H25N3O3S/c1-26(2)20(16-8-12-19(29-3)13-9-16)15-24-22(27)17-6-10-18(11-7-17)25-23(28)21-5-4-14-30-21/h4-14,20H,15H2,1-3H3,(H,24,27)(H,25,28)/t20-/m0/s1. The van der Waals surface area contributed by atoms with Gasteiger partial charge in [-0.05, 0) is 67.5 Å². The molecule has 3 rings (SSSR count). The second kappa shape index (κ2) is 10.0. The van der Waals surface area contributed by atoms with E-state index >= 15 is 0 Å². The molecular weight excluding hydrogens is 398 g/mol. The van der Waals surface area contributed by atoms with Gasteiger partial charge in [-0.15, -0.1) is 11.3 Å². The van der Waals surface area contributed by atoms with Gasteiger partial charge in [-0.3, -0.25) is 9.59 Å². The van der Waals surface area contributed by atoms with Crippen molar-refractivity contribution in [1.29, 1.82) is 0 Å². The summed E-state index contributed by atoms with van der Waals surface area (Å²) in [4.78, 5) is 27.4. The van der Waals surface area contributed by atoms with Crippen molar-refractivity contribution in [2.24, 2.45) is 0 Å². The number of carbonyl (C=O) groups excluding carboxylic acids is 2. The first-order valence-corrected chi connectivity index (χ1v) is 10.4. The molecule has 1 heterocycles. The molecule has 0 spiro atoms. The van der Waals surface area contributed by atoms with Gasteiger partial charge in [0.1, 0.15) is 5.75 Å². The molecule has 0 bridgehead atoms. The Hall–Kier alpha value is -3.16. The topological polar surface area (TPSA) is 70.7 Å². The van der Waals surface area contributed by atoms with Gasteiger partial charge >= 0.3 is 0 Å². The van der Waals surface area contributed by atoms with E-state index in [2.05, 4.69) is 15.5 Å². The predicted molar refractivity (Wildman–Crippen MR) is 120 cm³/mol. The molecule has 1 aromatic heterocycles. The van der Waals surface area contributed by atoms with E-state index in [-0.39, 0.29) is 17.9 Å². The van der Waals surface area contributed by atoms with E-state index in [4.69, 9.17) is 4.74 Å². The number of likely N-dealkylation sites (N-methyl/N-ethyl adjacent to an activating group) is 1. The monoisotopic (exact) mass is 423 g/mol. The molecule has 0 saturated heterocycles. The average Bonchev–Trinajstić information content (AvgIpc) is 3.29. The highest BCUT2D eigenvalue weighted by Crippen LogP contribution is 2.21. The zero-order valence-electron chi connectivity index (χ0n) is 17.2. The third-order valence-corrected chi connectivity index (χ3v) is 5.60. The highest BCUT2D eigenvalue weighted by molar-refractivity contribution is 7.12. The Labute approximate surface area is 180 Å². The summed E-state index contributed by atoms with van der Waals surface area (Å²) in [5.74, 6) is 0.480. The van der Waals surface area contributed by atoms with Crippen LogP contribution in [0.1, 0.15) is 31.6 Å². The molecule has 7 heteroatoms. The fourth-order valence-corrected chi connectivity index (χ4v) is 3.64. The summed E-state index contributed by atoms with van der Waals surface area (Å²) in [6.45, 7) is 0.467. The van der Waals surface area contributed by atoms with Crippen molar-refractivity contribution >= 4 is 28.8 Å². The number of hydrogen-bond donors (Lipinski definition) is 2. The zero-order chi connectivity index (χ0) is 21.5. The summed E-state index contributed by atoms with van der Waals surface area (Å²) in [7, 11) is 5.59. The maximum absolute atomic E-state index is 12.6. The molecule has 156 valence electrons. The molecule has 0 unspecified atom stereocenters. The first-order chi connectivity index (χ1) is 14.5. The van der Waals surface area contributed by atoms with E-state index in [1.807, 2.05) is 49.8 Å². The molecule has 0 radical (unpaired) electrons. The Morgan fingerprint density at radius 3 is 2.27 bits per heavy atom. The lowest BCUT2D eigenvalue weighted by atomic mass is 10.1. The quantitative estimate of drug-likeness (QED) is 0.574. The van der Waals surface area contributed by atoms with Gasteiger partial charge in [0, 0.05) is 17.8 Å². The van der Waals surface area contributed by atoms with Gasteiger partial charge in [-0.2, -0.15) is 0 Å². The third kappa shape index (κ3) is 5.46. The zero-order valence-corrected chi connectivity index (χ0v) is 18.0. The van der Waals surface area contributed by atoms with E-state index in [1.165, 1.54) is 11.3 Å². The molecule has 2 N–H and O–H groups in total. The Kier molecular flexibility index (Phi) is 7.21. The van der Waals surface area contributed by atoms with Crippen LogP contribution >= 0.6 is 11.3 Å². The van der Waals surface area contributed by atoms with Crippen molar-refractivity contribution in [3.05, 3.63) is 82.0 Å². The minimum Gasteiger partial charge on any atom is -0.497 e. The number of methoxy groups -OCH3 is 1. The first-order valence-electron chi connectivity index (χ1n) is 9.51. The van der Waals surface area contributed by atoms with Crippen molar-refractivity contribution < 1.29 is 14.3 Å². The van der Waals surface area contributed by atoms with Gasteiger partial charge in [0.15, 0.2) is 0 Å². The van der Waals surface area contributed by atoms with Crippen molar-refractivity contribution in [3.8, 4) is 5.75 Å². The number of ether oxygens (including phenoxy) is 1. The molecule has 0 aliphatic carbocycles. The SMILES string of the molecule is COc1ccc([C@H](CNC(=O)c2ccc(NC(=O)c3cccs3)cc2)N(C)C)cc1. The summed E-state index contributed by atoms with van der Waals surface area (Å²) < 4.78 is 5.21. The van der Waals surface area contributed by atoms with Gasteiger partial charge in [0.05, 0.1) is 18.0 Å². The van der Waals surface area contributed by atoms with E-state index in [0.717, 1.165) is 11.3 Å². The number of carbonyl (C=O) groups is 2. The molecule has 2 aromatic carbocycles. The lowest BCUT2D eigenvalue weighted by molar-refractivity contribution is 0.0941. The molecular formula is C23H25N3O3S. The van der Waals surface area contributed by atoms with Crippen LogP contribution in [0.4, 0.5) is 5.69 Å². The molecule has 30 heavy (non-hydrogen) atoms. The maximum atomic E-state index is 12.6. The minimum absolute atomic E-state index is 0.0317. The molecule has 0 aliphatic rings. The Balaban J connectivity index is 1.59. The Morgan fingerprint density at radius 2 is 1.70 bits per heavy atom. The summed E-state index contributed by atoms with van der Waals surface area (Å²) in [5, 5.41) is 7.68. The van der Waals surface area contributed by atoms with Gasteiger partial charge < -0.3 is 20.3 Å². The fraction of sp³-hybridized carbons (Fsp3) is 0.217. The number of nitrogens with zero attached hydrogens (tertiary/aromatic N) is 1. The number of hydrogen-bond acceptors (Lipinski definition) is 5. The number of thiophene rings is 1. The van der Waals surface area contributed by atoms with Crippen LogP contribution in [-0.4, -0.2) is 44.5 Å². The number of anilines is 1. The Morgan fingerprint density at radius 1 is 1.00 bits per heavy atom. The van der Waals surface area contributed by atoms with Gasteiger partial charge in [-0.1, -0.05) is 18.2 Å². The normalized spacial score (nSPS) is 11.7. The van der Waals surface area contributed by atoms with Crippen LogP contribution in [0.15, 0.2) is 66.0 Å². The van der Waals surface area contributed by atoms with Crippen molar-refractivity contribution in [2.75, 3.05) is 33.1 Å². The summed E-state index contributed by atoms with van der Waals surface area (Å²) in [6.07, 6.45) is 0. The van der Waals surface area contributed by atoms with Crippen LogP contribution in [-0.2, 0) is 0 Å². The van der Waals surface area contributed by atoms with Gasteiger partial charge in [0.2, 0.25) is 0 Å². The minimum atomic E-state index is -0.161. The molecule has 0 saturated carbocycles. The van der Waals surface area contributed by atoms with E-state index in [0.29, 0.717) is 22.7 Å². The summed E-state index contributed by atoms with van der Waals surface area (Å²) in [6, 6.07) is 18.3. The van der Waals surface area contributed by atoms with Crippen molar-refractivity contribution in [2.45, 2.75) is 6.04 Å². The predicted octanol–water partition coefficient (Wildman–Crippen LogP) is 4.04. The Bertz CT molecular complexity index is 968. The van der Waals surface area contributed by atoms with Crippen molar-refractivity contribution in [1.82, 2.24) is 10.2 Å². The van der Waals surface area contributed by atoms with Crippen molar-refractivity contribution in [3.63, 3.8) is 0 Å². The number of amides is 2. The molecule has 6 nitrogen and oxygen atoms in total. The lowest BCUT2D eigenvalue weighted by Gasteiger charge is -2.25.